The number of carbonyl (C=O) groups excluding carboxylic acids is 2. The van der Waals surface area contributed by atoms with Gasteiger partial charge in [0.25, 0.3) is 5.69 Å². The first-order valence-corrected chi connectivity index (χ1v) is 5.15. The molecular weight excluding hydrogens is 240 g/mol. The van der Waals surface area contributed by atoms with Gasteiger partial charge in [0.1, 0.15) is 0 Å². The van der Waals surface area contributed by atoms with E-state index in [0.29, 0.717) is 5.56 Å². The summed E-state index contributed by atoms with van der Waals surface area (Å²) in [6.07, 6.45) is -0.621. The van der Waals surface area contributed by atoms with Gasteiger partial charge in [0, 0.05) is 29.7 Å². The number of nitrogens with zero attached hydrogens (tertiary/aromatic N) is 1. The summed E-state index contributed by atoms with van der Waals surface area (Å²) in [4.78, 5) is 31.6. The summed E-state index contributed by atoms with van der Waals surface area (Å²) >= 11 is 0. The summed E-state index contributed by atoms with van der Waals surface area (Å²) in [6, 6.07) is 4.25. The molecule has 0 unspecified atom stereocenters. The van der Waals surface area contributed by atoms with E-state index >= 15 is 0 Å². The lowest BCUT2D eigenvalue weighted by Crippen LogP contribution is -2.24. The molecule has 0 aliphatic heterocycles. The first-order chi connectivity index (χ1) is 8.40. The van der Waals surface area contributed by atoms with Crippen LogP contribution < -0.4 is 10.4 Å². The molecule has 0 saturated carbocycles. The van der Waals surface area contributed by atoms with Gasteiger partial charge in [-0.3, -0.25) is 14.9 Å². The molecule has 0 aliphatic rings. The number of benzene rings is 1. The van der Waals surface area contributed by atoms with Crippen LogP contribution in [0, 0.1) is 17.0 Å². The molecule has 1 amide bonds. The van der Waals surface area contributed by atoms with Crippen LogP contribution in [-0.4, -0.2) is 16.8 Å². The summed E-state index contributed by atoms with van der Waals surface area (Å²) in [5, 5.41) is 23.2. The predicted molar refractivity (Wildman–Crippen MR) is 60.7 cm³/mol. The fourth-order valence-electron chi connectivity index (χ4n) is 1.32. The number of anilines is 1. The fourth-order valence-corrected chi connectivity index (χ4v) is 1.32. The Labute approximate surface area is 103 Å². The summed E-state index contributed by atoms with van der Waals surface area (Å²) < 4.78 is 0. The van der Waals surface area contributed by atoms with Gasteiger partial charge in [0.15, 0.2) is 0 Å². The van der Waals surface area contributed by atoms with Crippen LogP contribution in [0.5, 0.6) is 0 Å². The van der Waals surface area contributed by atoms with Crippen LogP contribution in [0.2, 0.25) is 0 Å². The van der Waals surface area contributed by atoms with Crippen molar-refractivity contribution < 1.29 is 19.6 Å². The maximum Gasteiger partial charge on any atom is 0.274 e. The quantitative estimate of drug-likeness (QED) is 0.600. The minimum atomic E-state index is -1.32. The molecule has 0 fully saturated rings. The van der Waals surface area contributed by atoms with Crippen molar-refractivity contribution in [1.29, 1.82) is 0 Å². The Morgan fingerprint density at radius 3 is 2.56 bits per heavy atom. The zero-order valence-electron chi connectivity index (χ0n) is 9.63. The number of nitro groups is 1. The molecule has 1 N–H and O–H groups in total. The monoisotopic (exact) mass is 251 g/mol. The third kappa shape index (κ3) is 3.85. The number of nitro benzene ring substituents is 1. The standard InChI is InChI=1S/C11H12N2O5/c1-7-2-3-8(6-9(7)13(17)18)12-10(14)4-5-11(15)16/h2-3,6H,4-5H2,1H3,(H,12,14)(H,15,16)/p-1. The molecule has 0 atom stereocenters. The van der Waals surface area contributed by atoms with Gasteiger partial charge in [-0.05, 0) is 19.4 Å². The van der Waals surface area contributed by atoms with E-state index in [-0.39, 0.29) is 24.2 Å². The number of amides is 1. The molecule has 0 radical (unpaired) electrons. The Bertz CT molecular complexity index is 498. The highest BCUT2D eigenvalue weighted by Gasteiger charge is 2.12. The first kappa shape index (κ1) is 13.6. The second-order valence-electron chi connectivity index (χ2n) is 3.68. The van der Waals surface area contributed by atoms with Gasteiger partial charge in [-0.25, -0.2) is 0 Å². The van der Waals surface area contributed by atoms with E-state index < -0.39 is 16.8 Å². The van der Waals surface area contributed by atoms with Crippen LogP contribution in [0.1, 0.15) is 18.4 Å². The highest BCUT2D eigenvalue weighted by molar-refractivity contribution is 5.92. The second-order valence-corrected chi connectivity index (χ2v) is 3.68. The average Bonchev–Trinajstić information content (AvgIpc) is 2.28. The number of hydrogen-bond acceptors (Lipinski definition) is 5. The van der Waals surface area contributed by atoms with Gasteiger partial charge in [-0.15, -0.1) is 0 Å². The maximum absolute atomic E-state index is 11.3. The SMILES string of the molecule is Cc1ccc(NC(=O)CCC(=O)[O-])cc1[N+](=O)[O-]. The van der Waals surface area contributed by atoms with Crippen molar-refractivity contribution in [1.82, 2.24) is 0 Å². The van der Waals surface area contributed by atoms with Gasteiger partial charge in [0.05, 0.1) is 4.92 Å². The molecule has 0 saturated heterocycles. The third-order valence-corrected chi connectivity index (χ3v) is 2.25. The lowest BCUT2D eigenvalue weighted by molar-refractivity contribution is -0.385. The number of hydrogen-bond donors (Lipinski definition) is 1. The second kappa shape index (κ2) is 5.76. The lowest BCUT2D eigenvalue weighted by Gasteiger charge is -2.06. The minimum Gasteiger partial charge on any atom is -0.550 e. The van der Waals surface area contributed by atoms with Crippen LogP contribution in [0.4, 0.5) is 11.4 Å². The zero-order chi connectivity index (χ0) is 13.7. The molecule has 1 aromatic rings. The molecule has 0 aliphatic carbocycles. The Morgan fingerprint density at radius 1 is 1.33 bits per heavy atom. The molecule has 1 aromatic carbocycles. The van der Waals surface area contributed by atoms with E-state index in [2.05, 4.69) is 5.32 Å². The number of aliphatic carboxylic acids is 1. The number of nitrogens with one attached hydrogen (secondary N) is 1. The van der Waals surface area contributed by atoms with E-state index in [1.165, 1.54) is 18.2 Å². The summed E-state index contributed by atoms with van der Waals surface area (Å²) in [7, 11) is 0. The molecule has 0 bridgehead atoms. The number of carbonyl (C=O) groups is 2. The predicted octanol–water partition coefficient (Wildman–Crippen LogP) is 0.372. The maximum atomic E-state index is 11.3. The third-order valence-electron chi connectivity index (χ3n) is 2.25. The Hall–Kier alpha value is -2.44. The average molecular weight is 251 g/mol. The topological polar surface area (TPSA) is 112 Å². The van der Waals surface area contributed by atoms with Crippen LogP contribution >= 0.6 is 0 Å². The molecule has 18 heavy (non-hydrogen) atoms. The van der Waals surface area contributed by atoms with Crippen molar-refractivity contribution in [3.63, 3.8) is 0 Å². The van der Waals surface area contributed by atoms with Crippen molar-refractivity contribution in [3.05, 3.63) is 33.9 Å². The number of rotatable bonds is 5. The van der Waals surface area contributed by atoms with E-state index in [4.69, 9.17) is 0 Å². The van der Waals surface area contributed by atoms with Gasteiger partial charge in [-0.1, -0.05) is 6.07 Å². The van der Waals surface area contributed by atoms with E-state index in [0.717, 1.165) is 0 Å². The van der Waals surface area contributed by atoms with Crippen molar-refractivity contribution >= 4 is 23.3 Å². The Morgan fingerprint density at radius 2 is 2.00 bits per heavy atom. The normalized spacial score (nSPS) is 9.83. The molecular formula is C11H11N2O5-. The number of carboxylic acid groups (broad SMARTS) is 1. The molecule has 1 rings (SSSR count). The number of carboxylic acids is 1. The van der Waals surface area contributed by atoms with Gasteiger partial charge < -0.3 is 15.2 Å². The van der Waals surface area contributed by atoms with E-state index in [1.54, 1.807) is 6.92 Å². The van der Waals surface area contributed by atoms with Crippen LogP contribution in [0.3, 0.4) is 0 Å². The van der Waals surface area contributed by atoms with Gasteiger partial charge in [0.2, 0.25) is 5.91 Å². The van der Waals surface area contributed by atoms with Crippen molar-refractivity contribution in [2.24, 2.45) is 0 Å². The molecule has 7 nitrogen and oxygen atoms in total. The zero-order valence-corrected chi connectivity index (χ0v) is 9.63. The van der Waals surface area contributed by atoms with E-state index in [1.807, 2.05) is 0 Å². The van der Waals surface area contributed by atoms with Crippen molar-refractivity contribution in [2.45, 2.75) is 19.8 Å². The molecule has 96 valence electrons. The Kier molecular flexibility index (Phi) is 4.36. The van der Waals surface area contributed by atoms with Crippen molar-refractivity contribution in [3.8, 4) is 0 Å². The summed E-state index contributed by atoms with van der Waals surface area (Å²) in [5.41, 5.74) is 0.635. The molecule has 0 aromatic heterocycles. The minimum absolute atomic E-state index is 0.104. The summed E-state index contributed by atoms with van der Waals surface area (Å²) in [5.74, 6) is -1.85. The molecule has 7 heteroatoms. The van der Waals surface area contributed by atoms with Gasteiger partial charge in [-0.2, -0.15) is 0 Å². The smallest absolute Gasteiger partial charge is 0.274 e. The molecule has 0 spiro atoms. The fraction of sp³-hybridized carbons (Fsp3) is 0.273. The van der Waals surface area contributed by atoms with E-state index in [9.17, 15) is 24.8 Å². The van der Waals surface area contributed by atoms with Crippen LogP contribution in [0.25, 0.3) is 0 Å². The first-order valence-electron chi connectivity index (χ1n) is 5.15. The van der Waals surface area contributed by atoms with Gasteiger partial charge >= 0.3 is 0 Å². The molecule has 0 heterocycles. The lowest BCUT2D eigenvalue weighted by atomic mass is 10.2. The highest BCUT2D eigenvalue weighted by Crippen LogP contribution is 2.22. The van der Waals surface area contributed by atoms with Crippen molar-refractivity contribution in [2.75, 3.05) is 5.32 Å². The summed E-state index contributed by atoms with van der Waals surface area (Å²) in [6.45, 7) is 1.58. The largest absolute Gasteiger partial charge is 0.550 e. The number of aryl methyl sites for hydroxylation is 1. The Balaban J connectivity index is 2.73. The van der Waals surface area contributed by atoms with Crippen LogP contribution in [0.15, 0.2) is 18.2 Å². The van der Waals surface area contributed by atoms with Crippen LogP contribution in [-0.2, 0) is 9.59 Å². The highest BCUT2D eigenvalue weighted by atomic mass is 16.6.